The van der Waals surface area contributed by atoms with Gasteiger partial charge in [-0.15, -0.1) is 0 Å². The smallest absolute Gasteiger partial charge is 0.232 e. The average Bonchev–Trinajstić information content (AvgIpc) is 2.26. The third-order valence-corrected chi connectivity index (χ3v) is 3.54. The van der Waals surface area contributed by atoms with Gasteiger partial charge in [0.15, 0.2) is 0 Å². The quantitative estimate of drug-likeness (QED) is 0.685. The Bertz CT molecular complexity index is 325. The Morgan fingerprint density at radius 2 is 2.14 bits per heavy atom. The largest absolute Gasteiger partial charge is 0.340 e. The van der Waals surface area contributed by atoms with Crippen molar-refractivity contribution in [1.82, 2.24) is 4.90 Å². The Morgan fingerprint density at radius 3 is 2.50 bits per heavy atom. The summed E-state index contributed by atoms with van der Waals surface area (Å²) < 4.78 is 21.6. The highest BCUT2D eigenvalue weighted by atomic mass is 35.7. The van der Waals surface area contributed by atoms with Crippen LogP contribution in [-0.4, -0.2) is 37.6 Å². The van der Waals surface area contributed by atoms with Crippen LogP contribution >= 0.6 is 10.7 Å². The molecule has 0 aromatic rings. The monoisotopic (exact) mass is 239 g/mol. The van der Waals surface area contributed by atoms with Gasteiger partial charge in [0.1, 0.15) is 0 Å². The number of carbonyl (C=O) groups is 1. The Hall–Kier alpha value is -0.290. The molecule has 0 aromatic carbocycles. The molecule has 4 nitrogen and oxygen atoms in total. The van der Waals surface area contributed by atoms with Crippen molar-refractivity contribution in [1.29, 1.82) is 0 Å². The van der Waals surface area contributed by atoms with E-state index < -0.39 is 9.05 Å². The van der Waals surface area contributed by atoms with Crippen molar-refractivity contribution in [2.45, 2.75) is 26.3 Å². The van der Waals surface area contributed by atoms with Crippen LogP contribution in [0.1, 0.15) is 20.3 Å². The summed E-state index contributed by atoms with van der Waals surface area (Å²) in [6, 6.07) is 0.130. The highest BCUT2D eigenvalue weighted by molar-refractivity contribution is 8.13. The Kier molecular flexibility index (Phi) is 3.42. The number of halogens is 1. The van der Waals surface area contributed by atoms with Crippen LogP contribution in [0.3, 0.4) is 0 Å². The summed E-state index contributed by atoms with van der Waals surface area (Å²) in [6.07, 6.45) is 0.296. The molecule has 0 radical (unpaired) electrons. The number of hydrogen-bond acceptors (Lipinski definition) is 3. The van der Waals surface area contributed by atoms with Gasteiger partial charge in [0, 0.05) is 35.6 Å². The highest BCUT2D eigenvalue weighted by Gasteiger charge is 2.33. The second-order valence-electron chi connectivity index (χ2n) is 3.92. The molecule has 1 unspecified atom stereocenters. The first-order valence-electron chi connectivity index (χ1n) is 4.51. The fourth-order valence-electron chi connectivity index (χ4n) is 1.70. The van der Waals surface area contributed by atoms with Gasteiger partial charge in [-0.3, -0.25) is 4.79 Å². The van der Waals surface area contributed by atoms with Gasteiger partial charge in [0.05, 0.1) is 5.75 Å². The first-order chi connectivity index (χ1) is 6.29. The average molecular weight is 240 g/mol. The Morgan fingerprint density at radius 1 is 1.57 bits per heavy atom. The van der Waals surface area contributed by atoms with E-state index in [4.69, 9.17) is 10.7 Å². The van der Waals surface area contributed by atoms with Gasteiger partial charge in [-0.2, -0.15) is 0 Å². The molecule has 0 N–H and O–H groups in total. The number of likely N-dealkylation sites (tertiary alicyclic amines) is 1. The zero-order valence-corrected chi connectivity index (χ0v) is 9.81. The summed E-state index contributed by atoms with van der Waals surface area (Å²) >= 11 is 0. The van der Waals surface area contributed by atoms with Gasteiger partial charge in [-0.1, -0.05) is 0 Å². The van der Waals surface area contributed by atoms with E-state index in [1.807, 2.05) is 13.8 Å². The second kappa shape index (κ2) is 4.06. The van der Waals surface area contributed by atoms with Crippen molar-refractivity contribution in [3.8, 4) is 0 Å². The molecule has 0 bridgehead atoms. The van der Waals surface area contributed by atoms with Crippen molar-refractivity contribution >= 4 is 25.6 Å². The molecular formula is C8H14ClNO3S. The maximum absolute atomic E-state index is 11.4. The predicted octanol–water partition coefficient (Wildman–Crippen LogP) is 0.812. The van der Waals surface area contributed by atoms with Crippen LogP contribution in [0.4, 0.5) is 0 Å². The molecule has 1 heterocycles. The summed E-state index contributed by atoms with van der Waals surface area (Å²) in [7, 11) is 1.64. The van der Waals surface area contributed by atoms with E-state index in [2.05, 4.69) is 0 Å². The van der Waals surface area contributed by atoms with Crippen LogP contribution in [0.15, 0.2) is 0 Å². The zero-order valence-electron chi connectivity index (χ0n) is 8.23. The standard InChI is InChI=1S/C8H14ClNO3S/c1-6(2)10-4-7(3-8(10)11)5-14(9,12)13/h6-7H,3-5H2,1-2H3. The summed E-state index contributed by atoms with van der Waals surface area (Å²) in [6.45, 7) is 4.33. The molecule has 1 atom stereocenters. The first kappa shape index (κ1) is 11.8. The minimum Gasteiger partial charge on any atom is -0.340 e. The topological polar surface area (TPSA) is 54.5 Å². The molecule has 1 amide bonds. The van der Waals surface area contributed by atoms with E-state index in [0.29, 0.717) is 13.0 Å². The molecule has 0 saturated carbocycles. The van der Waals surface area contributed by atoms with Gasteiger partial charge < -0.3 is 4.90 Å². The minimum atomic E-state index is -3.49. The highest BCUT2D eigenvalue weighted by Crippen LogP contribution is 2.22. The normalized spacial score (nSPS) is 23.6. The minimum absolute atomic E-state index is 0.0188. The van der Waals surface area contributed by atoms with Crippen molar-refractivity contribution in [2.75, 3.05) is 12.3 Å². The van der Waals surface area contributed by atoms with Gasteiger partial charge in [0.25, 0.3) is 0 Å². The third kappa shape index (κ3) is 3.13. The second-order valence-corrected chi connectivity index (χ2v) is 6.74. The van der Waals surface area contributed by atoms with E-state index in [-0.39, 0.29) is 23.6 Å². The fraction of sp³-hybridized carbons (Fsp3) is 0.875. The lowest BCUT2D eigenvalue weighted by Gasteiger charge is -2.20. The Labute approximate surface area is 88.6 Å². The van der Waals surface area contributed by atoms with Crippen LogP contribution in [-0.2, 0) is 13.8 Å². The number of carbonyl (C=O) groups excluding carboxylic acids is 1. The SMILES string of the molecule is CC(C)N1CC(CS(=O)(=O)Cl)CC1=O. The number of amides is 1. The molecule has 1 aliphatic heterocycles. The van der Waals surface area contributed by atoms with Gasteiger partial charge >= 0.3 is 0 Å². The number of rotatable bonds is 3. The lowest BCUT2D eigenvalue weighted by atomic mass is 10.1. The number of nitrogens with zero attached hydrogens (tertiary/aromatic N) is 1. The van der Waals surface area contributed by atoms with Crippen LogP contribution < -0.4 is 0 Å². The molecule has 6 heteroatoms. The zero-order chi connectivity index (χ0) is 10.9. The van der Waals surface area contributed by atoms with E-state index in [1.54, 1.807) is 4.90 Å². The maximum atomic E-state index is 11.4. The third-order valence-electron chi connectivity index (χ3n) is 2.30. The van der Waals surface area contributed by atoms with Gasteiger partial charge in [-0.25, -0.2) is 8.42 Å². The van der Waals surface area contributed by atoms with E-state index in [0.717, 1.165) is 0 Å². The molecule has 14 heavy (non-hydrogen) atoms. The molecular weight excluding hydrogens is 226 g/mol. The Balaban J connectivity index is 2.60. The van der Waals surface area contributed by atoms with Crippen LogP contribution in [0.2, 0.25) is 0 Å². The summed E-state index contributed by atoms with van der Waals surface area (Å²) in [4.78, 5) is 13.1. The predicted molar refractivity (Wildman–Crippen MR) is 54.6 cm³/mol. The first-order valence-corrected chi connectivity index (χ1v) is 6.99. The molecule has 0 aliphatic carbocycles. The maximum Gasteiger partial charge on any atom is 0.232 e. The molecule has 1 aliphatic rings. The lowest BCUT2D eigenvalue weighted by Crippen LogP contribution is -2.32. The van der Waals surface area contributed by atoms with Crippen molar-refractivity contribution in [3.63, 3.8) is 0 Å². The van der Waals surface area contributed by atoms with Crippen LogP contribution in [0, 0.1) is 5.92 Å². The molecule has 0 aromatic heterocycles. The number of hydrogen-bond donors (Lipinski definition) is 0. The van der Waals surface area contributed by atoms with Crippen molar-refractivity contribution in [3.05, 3.63) is 0 Å². The lowest BCUT2D eigenvalue weighted by molar-refractivity contribution is -0.129. The summed E-state index contributed by atoms with van der Waals surface area (Å²) in [5, 5.41) is 0. The van der Waals surface area contributed by atoms with E-state index in [9.17, 15) is 13.2 Å². The van der Waals surface area contributed by atoms with E-state index >= 15 is 0 Å². The summed E-state index contributed by atoms with van der Waals surface area (Å²) in [5.74, 6) is -0.235. The van der Waals surface area contributed by atoms with Crippen molar-refractivity contribution in [2.24, 2.45) is 5.92 Å². The van der Waals surface area contributed by atoms with Crippen LogP contribution in [0.25, 0.3) is 0 Å². The van der Waals surface area contributed by atoms with Gasteiger partial charge in [0.2, 0.25) is 15.0 Å². The van der Waals surface area contributed by atoms with Gasteiger partial charge in [-0.05, 0) is 13.8 Å². The summed E-state index contributed by atoms with van der Waals surface area (Å²) in [5.41, 5.74) is 0. The molecule has 1 fully saturated rings. The molecule has 82 valence electrons. The van der Waals surface area contributed by atoms with E-state index in [1.165, 1.54) is 0 Å². The van der Waals surface area contributed by atoms with Crippen molar-refractivity contribution < 1.29 is 13.2 Å². The molecule has 1 saturated heterocycles. The molecule has 0 spiro atoms. The van der Waals surface area contributed by atoms with Crippen LogP contribution in [0.5, 0.6) is 0 Å². The molecule has 1 rings (SSSR count). The fourth-order valence-corrected chi connectivity index (χ4v) is 3.02.